The molecule has 1 radical (unpaired) electrons. The van der Waals surface area contributed by atoms with Crippen LogP contribution in [0.3, 0.4) is 0 Å². The normalized spacial score (nSPS) is 11.3. The fourth-order valence-electron chi connectivity index (χ4n) is 2.56. The maximum atomic E-state index is 12.4. The Balaban J connectivity index is 1.81. The number of hydrogen-bond donors (Lipinski definition) is 4. The Kier molecular flexibility index (Phi) is 5.74. The lowest BCUT2D eigenvalue weighted by Crippen LogP contribution is -2.44. The quantitative estimate of drug-likeness (QED) is 0.279. The highest BCUT2D eigenvalue weighted by atomic mass is 16.4. The van der Waals surface area contributed by atoms with Gasteiger partial charge in [-0.25, -0.2) is 15.0 Å². The van der Waals surface area contributed by atoms with Gasteiger partial charge in [0, 0.05) is 5.39 Å². The van der Waals surface area contributed by atoms with Crippen molar-refractivity contribution in [1.29, 1.82) is 0 Å². The lowest BCUT2D eigenvalue weighted by atomic mass is 10.1. The standard InChI is InChI=1S/C19H15N4O6/c24-10-20-23-17(26)16(11-5-7-13(25)8-6-11)22-19(28)21-14-9-12-3-1-2-4-15(12)29-18(14)27/h1-10,16,25H,(H,23,26)(H2,21,22,28). The van der Waals surface area contributed by atoms with Gasteiger partial charge in [0.1, 0.15) is 23.1 Å². The van der Waals surface area contributed by atoms with Gasteiger partial charge in [-0.15, -0.1) is 5.43 Å². The van der Waals surface area contributed by atoms with Crippen LogP contribution in [0.15, 0.2) is 63.8 Å². The number of carbonyl (C=O) groups excluding carboxylic acids is 3. The van der Waals surface area contributed by atoms with Gasteiger partial charge in [0.2, 0.25) is 6.41 Å². The van der Waals surface area contributed by atoms with Crippen LogP contribution >= 0.6 is 0 Å². The van der Waals surface area contributed by atoms with Crippen LogP contribution in [0.2, 0.25) is 0 Å². The molecular weight excluding hydrogens is 380 g/mol. The summed E-state index contributed by atoms with van der Waals surface area (Å²) < 4.78 is 5.14. The molecule has 4 amide bonds. The molecule has 0 saturated heterocycles. The summed E-state index contributed by atoms with van der Waals surface area (Å²) in [5, 5.41) is 14.7. The lowest BCUT2D eigenvalue weighted by Gasteiger charge is -2.18. The molecule has 3 aromatic rings. The highest BCUT2D eigenvalue weighted by Crippen LogP contribution is 2.18. The fourth-order valence-corrected chi connectivity index (χ4v) is 2.56. The van der Waals surface area contributed by atoms with Crippen LogP contribution in [0, 0.1) is 0 Å². The van der Waals surface area contributed by atoms with E-state index in [1.807, 2.05) is 5.43 Å². The minimum absolute atomic E-state index is 0.0382. The van der Waals surface area contributed by atoms with Gasteiger partial charge in [0.05, 0.1) is 0 Å². The maximum Gasteiger partial charge on any atom is 0.360 e. The number of amides is 4. The Labute approximate surface area is 163 Å². The van der Waals surface area contributed by atoms with Crippen LogP contribution in [0.1, 0.15) is 11.6 Å². The number of fused-ring (bicyclic) bond motifs is 1. The van der Waals surface area contributed by atoms with Gasteiger partial charge in [-0.3, -0.25) is 9.59 Å². The highest BCUT2D eigenvalue weighted by Gasteiger charge is 2.23. The number of urea groups is 1. The number of rotatable bonds is 6. The number of nitrogens with one attached hydrogen (secondary N) is 3. The van der Waals surface area contributed by atoms with Crippen molar-refractivity contribution in [1.82, 2.24) is 16.2 Å². The molecule has 0 saturated carbocycles. The number of benzene rings is 2. The molecular formula is C19H15N4O6. The van der Waals surface area contributed by atoms with Gasteiger partial charge < -0.3 is 20.2 Å². The van der Waals surface area contributed by atoms with Gasteiger partial charge in [0.15, 0.2) is 0 Å². The first-order chi connectivity index (χ1) is 14.0. The van der Waals surface area contributed by atoms with Crippen molar-refractivity contribution < 1.29 is 23.9 Å². The van der Waals surface area contributed by atoms with Crippen molar-refractivity contribution in [3.63, 3.8) is 0 Å². The van der Waals surface area contributed by atoms with Crippen LogP contribution in [0.4, 0.5) is 10.5 Å². The Hall–Kier alpha value is -4.34. The van der Waals surface area contributed by atoms with Crippen molar-refractivity contribution >= 4 is 35.0 Å². The SMILES string of the molecule is O=C[N]NC(=O)C(NC(=O)Nc1cc2ccccc2oc1=O)c1ccc(O)cc1. The number of aromatic hydroxyl groups is 1. The second-order valence-electron chi connectivity index (χ2n) is 5.82. The molecule has 0 fully saturated rings. The molecule has 10 heteroatoms. The summed E-state index contributed by atoms with van der Waals surface area (Å²) in [5.74, 6) is -0.841. The molecule has 1 unspecified atom stereocenters. The molecule has 147 valence electrons. The monoisotopic (exact) mass is 395 g/mol. The molecule has 0 aliphatic heterocycles. The van der Waals surface area contributed by atoms with E-state index >= 15 is 0 Å². The van der Waals surface area contributed by atoms with Gasteiger partial charge in [-0.2, -0.15) is 0 Å². The predicted molar refractivity (Wildman–Crippen MR) is 102 cm³/mol. The van der Waals surface area contributed by atoms with Gasteiger partial charge >= 0.3 is 11.7 Å². The van der Waals surface area contributed by atoms with Crippen molar-refractivity contribution in [3.8, 4) is 5.75 Å². The number of phenolic OH excluding ortho intramolecular Hbond substituents is 1. The van der Waals surface area contributed by atoms with E-state index in [0.29, 0.717) is 16.5 Å². The van der Waals surface area contributed by atoms with Crippen LogP contribution in [0.5, 0.6) is 5.75 Å². The van der Waals surface area contributed by atoms with Crippen LogP contribution in [0.25, 0.3) is 11.0 Å². The van der Waals surface area contributed by atoms with Gasteiger partial charge in [-0.05, 0) is 29.8 Å². The molecule has 0 bridgehead atoms. The van der Waals surface area contributed by atoms with E-state index in [2.05, 4.69) is 16.1 Å². The molecule has 1 atom stereocenters. The summed E-state index contributed by atoms with van der Waals surface area (Å²) in [6.07, 6.45) is 0.131. The number of nitrogens with zero attached hydrogens (tertiary/aromatic N) is 1. The predicted octanol–water partition coefficient (Wildman–Crippen LogP) is 1.15. The Morgan fingerprint density at radius 2 is 1.83 bits per heavy atom. The number of phenols is 1. The zero-order chi connectivity index (χ0) is 20.8. The van der Waals surface area contributed by atoms with E-state index in [4.69, 9.17) is 4.42 Å². The fraction of sp³-hybridized carbons (Fsp3) is 0.0526. The third-order valence-electron chi connectivity index (χ3n) is 3.88. The largest absolute Gasteiger partial charge is 0.508 e. The van der Waals surface area contributed by atoms with E-state index in [0.717, 1.165) is 0 Å². The Morgan fingerprint density at radius 1 is 1.10 bits per heavy atom. The summed E-state index contributed by atoms with van der Waals surface area (Å²) >= 11 is 0. The first-order valence-corrected chi connectivity index (χ1v) is 8.30. The molecule has 1 heterocycles. The molecule has 2 aromatic carbocycles. The number of hydrogen-bond acceptors (Lipinski definition) is 6. The zero-order valence-corrected chi connectivity index (χ0v) is 14.8. The molecule has 0 spiro atoms. The molecule has 0 aliphatic carbocycles. The zero-order valence-electron chi connectivity index (χ0n) is 14.8. The Morgan fingerprint density at radius 3 is 2.55 bits per heavy atom. The van der Waals surface area contributed by atoms with Crippen molar-refractivity contribution in [2.75, 3.05) is 5.32 Å². The molecule has 1 aromatic heterocycles. The summed E-state index contributed by atoms with van der Waals surface area (Å²) in [4.78, 5) is 47.1. The summed E-state index contributed by atoms with van der Waals surface area (Å²) in [6.45, 7) is 0. The molecule has 3 rings (SSSR count). The summed E-state index contributed by atoms with van der Waals surface area (Å²) in [7, 11) is 0. The molecule has 10 nitrogen and oxygen atoms in total. The minimum Gasteiger partial charge on any atom is -0.508 e. The maximum absolute atomic E-state index is 12.4. The van der Waals surface area contributed by atoms with Crippen LogP contribution in [-0.4, -0.2) is 23.5 Å². The van der Waals surface area contributed by atoms with E-state index in [1.165, 1.54) is 30.3 Å². The number of para-hydroxylation sites is 1. The van der Waals surface area contributed by atoms with Crippen LogP contribution < -0.4 is 27.1 Å². The topological polar surface area (TPSA) is 152 Å². The van der Waals surface area contributed by atoms with E-state index in [-0.39, 0.29) is 17.8 Å². The second-order valence-corrected chi connectivity index (χ2v) is 5.82. The molecule has 4 N–H and O–H groups in total. The molecule has 0 aliphatic rings. The average molecular weight is 395 g/mol. The number of anilines is 1. The van der Waals surface area contributed by atoms with Crippen LogP contribution in [-0.2, 0) is 9.59 Å². The smallest absolute Gasteiger partial charge is 0.360 e. The molecule has 29 heavy (non-hydrogen) atoms. The summed E-state index contributed by atoms with van der Waals surface area (Å²) in [5.41, 5.74) is 4.88. The van der Waals surface area contributed by atoms with Gasteiger partial charge in [-0.1, -0.05) is 30.3 Å². The van der Waals surface area contributed by atoms with E-state index in [9.17, 15) is 24.3 Å². The number of carbonyl (C=O) groups is 3. The van der Waals surface area contributed by atoms with E-state index < -0.39 is 23.6 Å². The Bertz CT molecular complexity index is 1110. The van der Waals surface area contributed by atoms with Gasteiger partial charge in [0.25, 0.3) is 5.91 Å². The first kappa shape index (κ1) is 19.4. The van der Waals surface area contributed by atoms with Crippen molar-refractivity contribution in [3.05, 3.63) is 70.6 Å². The third-order valence-corrected chi connectivity index (χ3v) is 3.88. The van der Waals surface area contributed by atoms with E-state index in [1.54, 1.807) is 24.3 Å². The highest BCUT2D eigenvalue weighted by molar-refractivity contribution is 5.95. The van der Waals surface area contributed by atoms with Crippen molar-refractivity contribution in [2.45, 2.75) is 6.04 Å². The average Bonchev–Trinajstić information content (AvgIpc) is 2.71. The van der Waals surface area contributed by atoms with Crippen molar-refractivity contribution in [2.24, 2.45) is 0 Å². The summed E-state index contributed by atoms with van der Waals surface area (Å²) in [6, 6.07) is 11.5. The first-order valence-electron chi connectivity index (χ1n) is 8.30. The minimum atomic E-state index is -1.26. The third kappa shape index (κ3) is 4.69. The second kappa shape index (κ2) is 8.57. The lowest BCUT2D eigenvalue weighted by molar-refractivity contribution is -0.126.